The van der Waals surface area contributed by atoms with Gasteiger partial charge in [-0.3, -0.25) is 9.59 Å². The Kier molecular flexibility index (Phi) is 4.66. The van der Waals surface area contributed by atoms with Crippen LogP contribution >= 0.6 is 0 Å². The number of carboxylic acid groups (broad SMARTS) is 1. The zero-order chi connectivity index (χ0) is 11.1. The van der Waals surface area contributed by atoms with Crippen LogP contribution in [0.25, 0.3) is 0 Å². The number of nitrogens with one attached hydrogen (secondary N) is 1. The molecular weight excluding hydrogens is 198 g/mol. The van der Waals surface area contributed by atoms with Gasteiger partial charge in [-0.15, -0.1) is 0 Å². The number of hydrogen-bond acceptors (Lipinski definition) is 3. The van der Waals surface area contributed by atoms with Crippen LogP contribution in [0.1, 0.15) is 25.7 Å². The third kappa shape index (κ3) is 4.49. The van der Waals surface area contributed by atoms with Crippen LogP contribution in [0.4, 0.5) is 0 Å². The lowest BCUT2D eigenvalue weighted by atomic mass is 10.1. The predicted octanol–water partition coefficient (Wildman–Crippen LogP) is 0.662. The Morgan fingerprint density at radius 2 is 2.33 bits per heavy atom. The van der Waals surface area contributed by atoms with Crippen LogP contribution in [0, 0.1) is 0 Å². The van der Waals surface area contributed by atoms with E-state index >= 15 is 0 Å². The molecule has 5 nitrogen and oxygen atoms in total. The molecule has 1 rings (SSSR count). The number of rotatable bonds is 5. The van der Waals surface area contributed by atoms with Crippen LogP contribution < -0.4 is 5.32 Å². The molecule has 0 unspecified atom stereocenters. The fourth-order valence-electron chi connectivity index (χ4n) is 1.29. The predicted molar refractivity (Wildman–Crippen MR) is 53.1 cm³/mol. The smallest absolute Gasteiger partial charge is 0.303 e. The second kappa shape index (κ2) is 6.06. The van der Waals surface area contributed by atoms with E-state index in [1.807, 2.05) is 0 Å². The number of carboxylic acids is 1. The molecule has 1 amide bonds. The highest BCUT2D eigenvalue weighted by Crippen LogP contribution is 2.11. The van der Waals surface area contributed by atoms with E-state index in [9.17, 15) is 9.59 Å². The molecule has 1 heterocycles. The molecule has 2 N–H and O–H groups in total. The molecule has 0 bridgehead atoms. The summed E-state index contributed by atoms with van der Waals surface area (Å²) in [6.45, 7) is 1.05. The van der Waals surface area contributed by atoms with E-state index in [2.05, 4.69) is 5.32 Å². The molecule has 0 aromatic rings. The Morgan fingerprint density at radius 1 is 1.53 bits per heavy atom. The van der Waals surface area contributed by atoms with Gasteiger partial charge >= 0.3 is 5.97 Å². The topological polar surface area (TPSA) is 75.6 Å². The van der Waals surface area contributed by atoms with Crippen molar-refractivity contribution in [3.8, 4) is 0 Å². The fraction of sp³-hybridized carbons (Fsp3) is 0.600. The first-order chi connectivity index (χ1) is 7.20. The van der Waals surface area contributed by atoms with Gasteiger partial charge in [-0.1, -0.05) is 0 Å². The second-order valence-electron chi connectivity index (χ2n) is 3.37. The van der Waals surface area contributed by atoms with Crippen LogP contribution in [0.2, 0.25) is 0 Å². The highest BCUT2D eigenvalue weighted by atomic mass is 16.5. The first-order valence-corrected chi connectivity index (χ1v) is 5.01. The molecule has 0 radical (unpaired) electrons. The number of ether oxygens (including phenoxy) is 1. The van der Waals surface area contributed by atoms with Crippen molar-refractivity contribution in [3.05, 3.63) is 11.8 Å². The van der Waals surface area contributed by atoms with Gasteiger partial charge in [0.1, 0.15) is 0 Å². The Morgan fingerprint density at radius 3 is 2.93 bits per heavy atom. The summed E-state index contributed by atoms with van der Waals surface area (Å²) < 4.78 is 5.03. The number of aliphatic carboxylic acids is 1. The number of amides is 1. The van der Waals surface area contributed by atoms with Gasteiger partial charge in [0, 0.05) is 13.0 Å². The highest BCUT2D eigenvalue weighted by molar-refractivity contribution is 5.93. The molecule has 15 heavy (non-hydrogen) atoms. The molecule has 1 aliphatic rings. The Bertz CT molecular complexity index is 273. The largest absolute Gasteiger partial charge is 0.501 e. The molecule has 5 heteroatoms. The van der Waals surface area contributed by atoms with E-state index in [4.69, 9.17) is 9.84 Å². The average Bonchev–Trinajstić information content (AvgIpc) is 2.25. The molecule has 0 fully saturated rings. The normalized spacial score (nSPS) is 15.1. The van der Waals surface area contributed by atoms with Crippen molar-refractivity contribution in [3.63, 3.8) is 0 Å². The van der Waals surface area contributed by atoms with E-state index < -0.39 is 5.97 Å². The van der Waals surface area contributed by atoms with Gasteiger partial charge in [0.25, 0.3) is 0 Å². The zero-order valence-electron chi connectivity index (χ0n) is 8.49. The molecule has 0 saturated heterocycles. The molecule has 0 atom stereocenters. The quantitative estimate of drug-likeness (QED) is 0.658. The summed E-state index contributed by atoms with van der Waals surface area (Å²) in [6, 6.07) is 0. The lowest BCUT2D eigenvalue weighted by Gasteiger charge is -2.13. The van der Waals surface area contributed by atoms with Crippen molar-refractivity contribution in [1.29, 1.82) is 0 Å². The van der Waals surface area contributed by atoms with Crippen LogP contribution in [0.3, 0.4) is 0 Å². The van der Waals surface area contributed by atoms with Gasteiger partial charge < -0.3 is 15.2 Å². The Hall–Kier alpha value is -1.52. The maximum atomic E-state index is 11.4. The van der Waals surface area contributed by atoms with Gasteiger partial charge in [0.05, 0.1) is 18.4 Å². The summed E-state index contributed by atoms with van der Waals surface area (Å²) in [7, 11) is 0. The third-order valence-electron chi connectivity index (χ3n) is 2.08. The van der Waals surface area contributed by atoms with Gasteiger partial charge in [-0.05, 0) is 19.3 Å². The summed E-state index contributed by atoms with van der Waals surface area (Å²) >= 11 is 0. The maximum Gasteiger partial charge on any atom is 0.303 e. The third-order valence-corrected chi connectivity index (χ3v) is 2.08. The van der Waals surface area contributed by atoms with Crippen molar-refractivity contribution in [2.75, 3.05) is 13.2 Å². The zero-order valence-corrected chi connectivity index (χ0v) is 8.49. The standard InChI is InChI=1S/C10H15NO4/c12-9(13)4-1-5-11-10(14)8-3-2-6-15-7-8/h7H,1-6H2,(H,11,14)(H,12,13). The summed E-state index contributed by atoms with van der Waals surface area (Å²) in [5.74, 6) is -0.996. The Labute approximate surface area is 88.1 Å². The average molecular weight is 213 g/mol. The minimum Gasteiger partial charge on any atom is -0.501 e. The minimum absolute atomic E-state index is 0.0792. The highest BCUT2D eigenvalue weighted by Gasteiger charge is 2.12. The van der Waals surface area contributed by atoms with Crippen molar-refractivity contribution in [2.45, 2.75) is 25.7 Å². The van der Waals surface area contributed by atoms with E-state index in [0.717, 1.165) is 12.8 Å². The van der Waals surface area contributed by atoms with Crippen LogP contribution in [0.15, 0.2) is 11.8 Å². The van der Waals surface area contributed by atoms with Crippen molar-refractivity contribution in [2.24, 2.45) is 0 Å². The number of carbonyl (C=O) groups excluding carboxylic acids is 1. The van der Waals surface area contributed by atoms with E-state index in [1.165, 1.54) is 6.26 Å². The van der Waals surface area contributed by atoms with E-state index in [1.54, 1.807) is 0 Å². The van der Waals surface area contributed by atoms with Crippen molar-refractivity contribution in [1.82, 2.24) is 5.32 Å². The summed E-state index contributed by atoms with van der Waals surface area (Å²) in [6.07, 6.45) is 3.60. The Balaban J connectivity index is 2.18. The fourth-order valence-corrected chi connectivity index (χ4v) is 1.29. The van der Waals surface area contributed by atoms with Gasteiger partial charge in [-0.2, -0.15) is 0 Å². The van der Waals surface area contributed by atoms with Crippen LogP contribution in [-0.4, -0.2) is 30.1 Å². The summed E-state index contributed by atoms with van der Waals surface area (Å²) in [4.78, 5) is 21.6. The van der Waals surface area contributed by atoms with E-state index in [0.29, 0.717) is 25.1 Å². The van der Waals surface area contributed by atoms with Crippen molar-refractivity contribution < 1.29 is 19.4 Å². The summed E-state index contributed by atoms with van der Waals surface area (Å²) in [5.41, 5.74) is 0.636. The molecule has 84 valence electrons. The molecular formula is C10H15NO4. The van der Waals surface area contributed by atoms with Gasteiger partial charge in [0.15, 0.2) is 0 Å². The first kappa shape index (κ1) is 11.6. The van der Waals surface area contributed by atoms with Crippen LogP contribution in [0.5, 0.6) is 0 Å². The summed E-state index contributed by atoms with van der Waals surface area (Å²) in [5, 5.41) is 11.0. The first-order valence-electron chi connectivity index (χ1n) is 5.01. The molecule has 1 aliphatic heterocycles. The molecule has 0 spiro atoms. The monoisotopic (exact) mass is 213 g/mol. The van der Waals surface area contributed by atoms with Gasteiger partial charge in [0.2, 0.25) is 5.91 Å². The number of carbonyl (C=O) groups is 2. The lowest BCUT2D eigenvalue weighted by molar-refractivity contribution is -0.137. The van der Waals surface area contributed by atoms with Crippen molar-refractivity contribution >= 4 is 11.9 Å². The van der Waals surface area contributed by atoms with Crippen LogP contribution in [-0.2, 0) is 14.3 Å². The maximum absolute atomic E-state index is 11.4. The molecule has 0 saturated carbocycles. The number of hydrogen-bond donors (Lipinski definition) is 2. The SMILES string of the molecule is O=C(O)CCCNC(=O)C1=COCCC1. The molecule has 0 aromatic heterocycles. The lowest BCUT2D eigenvalue weighted by Crippen LogP contribution is -2.27. The van der Waals surface area contributed by atoms with Gasteiger partial charge in [-0.25, -0.2) is 0 Å². The second-order valence-corrected chi connectivity index (χ2v) is 3.37. The minimum atomic E-state index is -0.843. The molecule has 0 aromatic carbocycles. The van der Waals surface area contributed by atoms with E-state index in [-0.39, 0.29) is 12.3 Å². The molecule has 0 aliphatic carbocycles.